The van der Waals surface area contributed by atoms with Crippen LogP contribution in [-0.2, 0) is 26.2 Å². The van der Waals surface area contributed by atoms with Crippen molar-refractivity contribution in [2.45, 2.75) is 31.3 Å². The number of benzene rings is 3. The number of nitrogens with one attached hydrogen (secondary N) is 1. The molecule has 0 spiro atoms. The maximum absolute atomic E-state index is 14.4. The average molecular weight is 528 g/mol. The van der Waals surface area contributed by atoms with Gasteiger partial charge in [-0.25, -0.2) is 12.8 Å². The lowest BCUT2D eigenvalue weighted by Crippen LogP contribution is -2.50. The molecule has 3 aromatic rings. The second kappa shape index (κ2) is 11.9. The van der Waals surface area contributed by atoms with Gasteiger partial charge < -0.3 is 15.0 Å². The second-order valence-electron chi connectivity index (χ2n) is 8.43. The number of hydrogen-bond acceptors (Lipinski definition) is 5. The Morgan fingerprint density at radius 3 is 2.19 bits per heavy atom. The van der Waals surface area contributed by atoms with Crippen LogP contribution >= 0.6 is 0 Å². The van der Waals surface area contributed by atoms with E-state index in [1.54, 1.807) is 30.3 Å². The number of anilines is 1. The number of methoxy groups -OCH3 is 1. The predicted octanol–water partition coefficient (Wildman–Crippen LogP) is 3.50. The van der Waals surface area contributed by atoms with Crippen LogP contribution in [0.5, 0.6) is 5.75 Å². The quantitative estimate of drug-likeness (QED) is 0.436. The topological polar surface area (TPSA) is 96.0 Å². The summed E-state index contributed by atoms with van der Waals surface area (Å²) in [6.07, 6.45) is 0. The minimum atomic E-state index is -4.20. The van der Waals surface area contributed by atoms with Crippen LogP contribution in [0.15, 0.2) is 77.7 Å². The van der Waals surface area contributed by atoms with E-state index in [0.29, 0.717) is 5.75 Å². The number of sulfonamides is 1. The van der Waals surface area contributed by atoms with E-state index in [1.807, 2.05) is 6.92 Å². The van der Waals surface area contributed by atoms with Crippen LogP contribution < -0.4 is 14.4 Å². The first-order valence-electron chi connectivity index (χ1n) is 11.6. The highest BCUT2D eigenvalue weighted by atomic mass is 32.2. The largest absolute Gasteiger partial charge is 0.497 e. The number of carbonyl (C=O) groups is 2. The highest BCUT2D eigenvalue weighted by molar-refractivity contribution is 7.92. The van der Waals surface area contributed by atoms with E-state index in [9.17, 15) is 22.4 Å². The molecule has 196 valence electrons. The maximum atomic E-state index is 14.4. The number of amides is 2. The molecular formula is C27H30FN3O5S. The Morgan fingerprint density at radius 2 is 1.62 bits per heavy atom. The molecule has 0 unspecified atom stereocenters. The summed E-state index contributed by atoms with van der Waals surface area (Å²) in [6, 6.07) is 17.4. The summed E-state index contributed by atoms with van der Waals surface area (Å²) in [5.41, 5.74) is 1.38. The van der Waals surface area contributed by atoms with Crippen molar-refractivity contribution < 1.29 is 27.1 Å². The Morgan fingerprint density at radius 1 is 1.00 bits per heavy atom. The molecule has 0 saturated carbocycles. The molecule has 1 atom stereocenters. The molecule has 37 heavy (non-hydrogen) atoms. The third-order valence-electron chi connectivity index (χ3n) is 5.96. The lowest BCUT2D eigenvalue weighted by Gasteiger charge is -2.31. The van der Waals surface area contributed by atoms with Gasteiger partial charge in [0.2, 0.25) is 11.8 Å². The number of hydrogen-bond donors (Lipinski definition) is 1. The van der Waals surface area contributed by atoms with Crippen molar-refractivity contribution in [3.8, 4) is 5.75 Å². The zero-order chi connectivity index (χ0) is 27.2. The molecule has 0 heterocycles. The van der Waals surface area contributed by atoms with Gasteiger partial charge in [-0.1, -0.05) is 35.9 Å². The van der Waals surface area contributed by atoms with Gasteiger partial charge in [0.1, 0.15) is 24.2 Å². The molecule has 3 aromatic carbocycles. The minimum Gasteiger partial charge on any atom is -0.497 e. The highest BCUT2D eigenvalue weighted by Crippen LogP contribution is 2.26. The molecule has 0 saturated heterocycles. The molecule has 0 aromatic heterocycles. The van der Waals surface area contributed by atoms with Crippen LogP contribution in [-0.4, -0.2) is 51.9 Å². The van der Waals surface area contributed by atoms with Gasteiger partial charge in [0, 0.05) is 19.2 Å². The molecular weight excluding hydrogens is 497 g/mol. The lowest BCUT2D eigenvalue weighted by atomic mass is 10.1. The Hall–Kier alpha value is -3.92. The number of halogens is 1. The molecule has 1 N–H and O–H groups in total. The van der Waals surface area contributed by atoms with Gasteiger partial charge in [-0.3, -0.25) is 13.9 Å². The highest BCUT2D eigenvalue weighted by Gasteiger charge is 2.32. The zero-order valence-electron chi connectivity index (χ0n) is 21.1. The molecule has 10 heteroatoms. The first-order valence-corrected chi connectivity index (χ1v) is 13.0. The Kier molecular flexibility index (Phi) is 8.88. The Labute approximate surface area is 216 Å². The fraction of sp³-hybridized carbons (Fsp3) is 0.259. The summed E-state index contributed by atoms with van der Waals surface area (Å²) >= 11 is 0. The van der Waals surface area contributed by atoms with Crippen molar-refractivity contribution >= 4 is 27.5 Å². The van der Waals surface area contributed by atoms with Gasteiger partial charge in [0.15, 0.2) is 0 Å². The number of likely N-dealkylation sites (N-methyl/N-ethyl adjacent to an activating group) is 1. The van der Waals surface area contributed by atoms with Crippen LogP contribution in [0.3, 0.4) is 0 Å². The van der Waals surface area contributed by atoms with E-state index in [4.69, 9.17) is 4.74 Å². The monoisotopic (exact) mass is 527 g/mol. The van der Waals surface area contributed by atoms with Gasteiger partial charge in [0.05, 0.1) is 17.7 Å². The van der Waals surface area contributed by atoms with Crippen molar-refractivity contribution in [3.05, 3.63) is 89.7 Å². The standard InChI is InChI=1S/C27H30FN3O5S/c1-19-9-11-22(12-10-19)31(37(34,35)24-15-13-23(36-4)14-16-24)18-26(32)30(20(2)27(33)29-3)17-21-7-5-6-8-25(21)28/h5-16,20H,17-18H2,1-4H3,(H,29,33)/t20-/m0/s1. The van der Waals surface area contributed by atoms with Gasteiger partial charge in [-0.15, -0.1) is 0 Å². The van der Waals surface area contributed by atoms with Crippen molar-refractivity contribution in [1.29, 1.82) is 0 Å². The molecule has 8 nitrogen and oxygen atoms in total. The molecule has 0 aliphatic carbocycles. The van der Waals surface area contributed by atoms with Crippen molar-refractivity contribution in [2.24, 2.45) is 0 Å². The summed E-state index contributed by atoms with van der Waals surface area (Å²) in [4.78, 5) is 27.2. The van der Waals surface area contributed by atoms with Crippen LogP contribution in [0.4, 0.5) is 10.1 Å². The zero-order valence-corrected chi connectivity index (χ0v) is 22.0. The van der Waals surface area contributed by atoms with E-state index in [1.165, 1.54) is 68.4 Å². The second-order valence-corrected chi connectivity index (χ2v) is 10.3. The number of aryl methyl sites for hydroxylation is 1. The summed E-state index contributed by atoms with van der Waals surface area (Å²) < 4.78 is 48.0. The van der Waals surface area contributed by atoms with E-state index in [2.05, 4.69) is 5.32 Å². The third kappa shape index (κ3) is 6.45. The van der Waals surface area contributed by atoms with Crippen molar-refractivity contribution in [1.82, 2.24) is 10.2 Å². The van der Waals surface area contributed by atoms with E-state index in [0.717, 1.165) is 9.87 Å². The predicted molar refractivity (Wildman–Crippen MR) is 139 cm³/mol. The average Bonchev–Trinajstić information content (AvgIpc) is 2.90. The van der Waals surface area contributed by atoms with Crippen LogP contribution in [0.25, 0.3) is 0 Å². The fourth-order valence-electron chi connectivity index (χ4n) is 3.72. The van der Waals surface area contributed by atoms with E-state index < -0.39 is 40.2 Å². The summed E-state index contributed by atoms with van der Waals surface area (Å²) in [7, 11) is -1.30. The molecule has 0 aliphatic heterocycles. The van der Waals surface area contributed by atoms with E-state index >= 15 is 0 Å². The Balaban J connectivity index is 2.03. The molecule has 0 radical (unpaired) electrons. The van der Waals surface area contributed by atoms with Crippen molar-refractivity contribution in [2.75, 3.05) is 25.0 Å². The van der Waals surface area contributed by atoms with Gasteiger partial charge in [0.25, 0.3) is 10.0 Å². The minimum absolute atomic E-state index is 0.0401. The van der Waals surface area contributed by atoms with Crippen LogP contribution in [0, 0.1) is 12.7 Å². The number of carbonyl (C=O) groups excluding carboxylic acids is 2. The van der Waals surface area contributed by atoms with Crippen LogP contribution in [0.2, 0.25) is 0 Å². The molecule has 0 aliphatic rings. The van der Waals surface area contributed by atoms with Gasteiger partial charge in [-0.05, 0) is 56.3 Å². The molecule has 3 rings (SSSR count). The van der Waals surface area contributed by atoms with E-state index in [-0.39, 0.29) is 22.7 Å². The summed E-state index contributed by atoms with van der Waals surface area (Å²) in [6.45, 7) is 2.54. The smallest absolute Gasteiger partial charge is 0.264 e. The van der Waals surface area contributed by atoms with Crippen LogP contribution in [0.1, 0.15) is 18.1 Å². The summed E-state index contributed by atoms with van der Waals surface area (Å²) in [5, 5.41) is 2.49. The molecule has 0 fully saturated rings. The van der Waals surface area contributed by atoms with Gasteiger partial charge in [-0.2, -0.15) is 0 Å². The summed E-state index contributed by atoms with van der Waals surface area (Å²) in [5.74, 6) is -1.19. The van der Waals surface area contributed by atoms with Crippen molar-refractivity contribution in [3.63, 3.8) is 0 Å². The molecule has 0 bridgehead atoms. The lowest BCUT2D eigenvalue weighted by molar-refractivity contribution is -0.139. The first-order chi connectivity index (χ1) is 17.6. The third-order valence-corrected chi connectivity index (χ3v) is 7.75. The Bertz CT molecular complexity index is 1350. The normalized spacial score (nSPS) is 11.9. The number of nitrogens with zero attached hydrogens (tertiary/aromatic N) is 2. The maximum Gasteiger partial charge on any atom is 0.264 e. The SMILES string of the molecule is CNC(=O)[C@H](C)N(Cc1ccccc1F)C(=O)CN(c1ccc(C)cc1)S(=O)(=O)c1ccc(OC)cc1. The molecule has 2 amide bonds. The number of rotatable bonds is 10. The van der Waals surface area contributed by atoms with Gasteiger partial charge >= 0.3 is 0 Å². The first kappa shape index (κ1) is 27.7. The fourth-order valence-corrected chi connectivity index (χ4v) is 5.13. The number of ether oxygens (including phenoxy) is 1.